The molecule has 1 saturated heterocycles. The summed E-state index contributed by atoms with van der Waals surface area (Å²) in [5.41, 5.74) is 1.18. The van der Waals surface area contributed by atoms with Gasteiger partial charge in [-0.15, -0.1) is 6.58 Å². The van der Waals surface area contributed by atoms with E-state index >= 15 is 0 Å². The van der Waals surface area contributed by atoms with Gasteiger partial charge in [0.1, 0.15) is 18.5 Å². The monoisotopic (exact) mass is 216 g/mol. The predicted molar refractivity (Wildman–Crippen MR) is 65.5 cm³/mol. The second-order valence-electron chi connectivity index (χ2n) is 3.76. The van der Waals surface area contributed by atoms with E-state index in [9.17, 15) is 0 Å². The van der Waals surface area contributed by atoms with E-state index < -0.39 is 0 Å². The van der Waals surface area contributed by atoms with E-state index in [1.165, 1.54) is 5.56 Å². The van der Waals surface area contributed by atoms with Gasteiger partial charge in [-0.2, -0.15) is 0 Å². The molecule has 0 aromatic heterocycles. The molecule has 0 bridgehead atoms. The zero-order valence-electron chi connectivity index (χ0n) is 9.26. The third-order valence-electron chi connectivity index (χ3n) is 2.33. The number of rotatable bonds is 6. The van der Waals surface area contributed by atoms with Crippen molar-refractivity contribution in [3.63, 3.8) is 0 Å². The van der Waals surface area contributed by atoms with E-state index in [1.54, 1.807) is 0 Å². The Morgan fingerprint density at radius 1 is 1.38 bits per heavy atom. The summed E-state index contributed by atoms with van der Waals surface area (Å²) in [5, 5.41) is 0. The number of epoxide rings is 1. The molecular formula is C14H16O2. The number of hydrogen-bond donors (Lipinski definition) is 0. The van der Waals surface area contributed by atoms with Crippen molar-refractivity contribution >= 4 is 6.08 Å². The summed E-state index contributed by atoms with van der Waals surface area (Å²) in [4.78, 5) is 0. The van der Waals surface area contributed by atoms with Crippen molar-refractivity contribution in [2.45, 2.75) is 12.5 Å². The van der Waals surface area contributed by atoms with Crippen LogP contribution in [-0.2, 0) is 4.74 Å². The lowest BCUT2D eigenvalue weighted by molar-refractivity contribution is 0.263. The Kier molecular flexibility index (Phi) is 3.78. The molecule has 1 heterocycles. The summed E-state index contributed by atoms with van der Waals surface area (Å²) in [6, 6.07) is 8.05. The molecule has 1 fully saturated rings. The molecule has 0 saturated carbocycles. The lowest BCUT2D eigenvalue weighted by Gasteiger charge is -2.03. The predicted octanol–water partition coefficient (Wildman–Crippen LogP) is 3.05. The van der Waals surface area contributed by atoms with Crippen LogP contribution in [0.1, 0.15) is 12.0 Å². The van der Waals surface area contributed by atoms with E-state index in [0.717, 1.165) is 18.8 Å². The number of ether oxygens (including phenoxy) is 2. The molecule has 1 atom stereocenters. The highest BCUT2D eigenvalue weighted by Gasteiger charge is 2.22. The molecule has 1 aromatic carbocycles. The average Bonchev–Trinajstić information content (AvgIpc) is 3.12. The first-order chi connectivity index (χ1) is 7.88. The molecule has 2 rings (SSSR count). The SMILES string of the molecule is C=CCC=Cc1ccc(OCC2CO2)cc1. The van der Waals surface area contributed by atoms with Gasteiger partial charge in [0.15, 0.2) is 0 Å². The van der Waals surface area contributed by atoms with Gasteiger partial charge in [0.2, 0.25) is 0 Å². The molecule has 0 amide bonds. The average molecular weight is 216 g/mol. The zero-order chi connectivity index (χ0) is 11.2. The van der Waals surface area contributed by atoms with Gasteiger partial charge in [0, 0.05) is 0 Å². The Hall–Kier alpha value is -1.54. The molecule has 1 unspecified atom stereocenters. The number of benzene rings is 1. The molecule has 1 aliphatic heterocycles. The Morgan fingerprint density at radius 3 is 2.75 bits per heavy atom. The van der Waals surface area contributed by atoms with Crippen molar-refractivity contribution in [2.75, 3.05) is 13.2 Å². The second kappa shape index (κ2) is 5.52. The van der Waals surface area contributed by atoms with Gasteiger partial charge < -0.3 is 9.47 Å². The smallest absolute Gasteiger partial charge is 0.119 e. The minimum absolute atomic E-state index is 0.312. The Labute approximate surface area is 96.2 Å². The minimum atomic E-state index is 0.312. The van der Waals surface area contributed by atoms with Crippen molar-refractivity contribution in [2.24, 2.45) is 0 Å². The summed E-state index contributed by atoms with van der Waals surface area (Å²) in [6.45, 7) is 5.16. The highest BCUT2D eigenvalue weighted by Crippen LogP contribution is 2.16. The van der Waals surface area contributed by atoms with Crippen LogP contribution in [0.2, 0.25) is 0 Å². The summed E-state index contributed by atoms with van der Waals surface area (Å²) in [6.07, 6.45) is 7.25. The van der Waals surface area contributed by atoms with Crippen LogP contribution in [0, 0.1) is 0 Å². The normalized spacial score (nSPS) is 18.6. The quantitative estimate of drug-likeness (QED) is 0.538. The van der Waals surface area contributed by atoms with Crippen LogP contribution in [0.4, 0.5) is 0 Å². The maximum atomic E-state index is 5.55. The lowest BCUT2D eigenvalue weighted by Crippen LogP contribution is -2.03. The fourth-order valence-corrected chi connectivity index (χ4v) is 1.33. The van der Waals surface area contributed by atoms with E-state index in [2.05, 4.69) is 18.7 Å². The van der Waals surface area contributed by atoms with E-state index in [4.69, 9.17) is 9.47 Å². The van der Waals surface area contributed by atoms with Gasteiger partial charge in [-0.1, -0.05) is 30.4 Å². The van der Waals surface area contributed by atoms with Crippen LogP contribution < -0.4 is 4.74 Å². The van der Waals surface area contributed by atoms with Gasteiger partial charge in [0.05, 0.1) is 6.61 Å². The summed E-state index contributed by atoms with van der Waals surface area (Å²) in [7, 11) is 0. The Morgan fingerprint density at radius 2 is 2.12 bits per heavy atom. The van der Waals surface area contributed by atoms with Crippen LogP contribution in [0.5, 0.6) is 5.75 Å². The van der Waals surface area contributed by atoms with E-state index in [1.807, 2.05) is 30.3 Å². The third-order valence-corrected chi connectivity index (χ3v) is 2.33. The Bertz CT molecular complexity index is 361. The van der Waals surface area contributed by atoms with E-state index in [-0.39, 0.29) is 0 Å². The van der Waals surface area contributed by atoms with Crippen LogP contribution in [-0.4, -0.2) is 19.3 Å². The summed E-state index contributed by atoms with van der Waals surface area (Å²) >= 11 is 0. The molecule has 84 valence electrons. The molecule has 0 N–H and O–H groups in total. The molecule has 1 aromatic rings. The van der Waals surface area contributed by atoms with Crippen LogP contribution >= 0.6 is 0 Å². The fraction of sp³-hybridized carbons (Fsp3) is 0.286. The molecule has 0 radical (unpaired) electrons. The van der Waals surface area contributed by atoms with Gasteiger partial charge in [0.25, 0.3) is 0 Å². The van der Waals surface area contributed by atoms with E-state index in [0.29, 0.717) is 12.7 Å². The molecule has 0 aliphatic carbocycles. The van der Waals surface area contributed by atoms with Gasteiger partial charge in [-0.25, -0.2) is 0 Å². The lowest BCUT2D eigenvalue weighted by atomic mass is 10.2. The van der Waals surface area contributed by atoms with Crippen molar-refractivity contribution < 1.29 is 9.47 Å². The highest BCUT2D eigenvalue weighted by atomic mass is 16.6. The fourth-order valence-electron chi connectivity index (χ4n) is 1.33. The van der Waals surface area contributed by atoms with Gasteiger partial charge in [-0.05, 0) is 24.1 Å². The third kappa shape index (κ3) is 3.55. The second-order valence-corrected chi connectivity index (χ2v) is 3.76. The van der Waals surface area contributed by atoms with Crippen molar-refractivity contribution in [3.05, 3.63) is 48.6 Å². The zero-order valence-corrected chi connectivity index (χ0v) is 9.26. The van der Waals surface area contributed by atoms with Crippen molar-refractivity contribution in [3.8, 4) is 5.75 Å². The maximum Gasteiger partial charge on any atom is 0.119 e. The topological polar surface area (TPSA) is 21.8 Å². The Balaban J connectivity index is 1.84. The maximum absolute atomic E-state index is 5.55. The molecule has 2 nitrogen and oxygen atoms in total. The first kappa shape index (κ1) is 11.0. The first-order valence-electron chi connectivity index (χ1n) is 5.50. The van der Waals surface area contributed by atoms with Crippen molar-refractivity contribution in [1.29, 1.82) is 0 Å². The standard InChI is InChI=1S/C14H16O2/c1-2-3-4-5-12-6-8-13(9-7-12)15-10-14-11-16-14/h2,4-9,14H,1,3,10-11H2. The molecule has 1 aliphatic rings. The van der Waals surface area contributed by atoms with Gasteiger partial charge in [-0.3, -0.25) is 0 Å². The van der Waals surface area contributed by atoms with Crippen LogP contribution in [0.25, 0.3) is 6.08 Å². The highest BCUT2D eigenvalue weighted by molar-refractivity contribution is 5.50. The largest absolute Gasteiger partial charge is 0.491 e. The van der Waals surface area contributed by atoms with Crippen LogP contribution in [0.15, 0.2) is 43.0 Å². The van der Waals surface area contributed by atoms with Crippen molar-refractivity contribution in [1.82, 2.24) is 0 Å². The summed E-state index contributed by atoms with van der Waals surface area (Å²) in [5.74, 6) is 0.899. The number of allylic oxidation sites excluding steroid dienone is 2. The molecule has 0 spiro atoms. The molecular weight excluding hydrogens is 200 g/mol. The number of hydrogen-bond acceptors (Lipinski definition) is 2. The van der Waals surface area contributed by atoms with Crippen LogP contribution in [0.3, 0.4) is 0 Å². The van der Waals surface area contributed by atoms with Gasteiger partial charge >= 0.3 is 0 Å². The minimum Gasteiger partial charge on any atom is -0.491 e. The first-order valence-corrected chi connectivity index (χ1v) is 5.50. The summed E-state index contributed by atoms with van der Waals surface area (Å²) < 4.78 is 10.6. The molecule has 16 heavy (non-hydrogen) atoms. The molecule has 2 heteroatoms.